The molecule has 2 aromatic carbocycles. The Hall–Kier alpha value is -1.72. The topological polar surface area (TPSA) is 21.3 Å². The molecule has 2 aromatic rings. The quantitative estimate of drug-likeness (QED) is 0.854. The first-order valence-electron chi connectivity index (χ1n) is 6.22. The van der Waals surface area contributed by atoms with Gasteiger partial charge in [-0.05, 0) is 41.5 Å². The van der Waals surface area contributed by atoms with E-state index in [1.165, 1.54) is 24.3 Å². The van der Waals surface area contributed by atoms with Gasteiger partial charge in [-0.2, -0.15) is 8.78 Å². The van der Waals surface area contributed by atoms with E-state index >= 15 is 0 Å². The number of halogens is 4. The lowest BCUT2D eigenvalue weighted by Crippen LogP contribution is -2.12. The van der Waals surface area contributed by atoms with Crippen molar-refractivity contribution < 1.29 is 17.9 Å². The lowest BCUT2D eigenvalue weighted by atomic mass is 10.2. The van der Waals surface area contributed by atoms with Gasteiger partial charge in [-0.15, -0.1) is 0 Å². The highest BCUT2D eigenvalue weighted by Gasteiger charge is 2.04. The van der Waals surface area contributed by atoms with Crippen LogP contribution < -0.4 is 10.1 Å². The summed E-state index contributed by atoms with van der Waals surface area (Å²) in [6.07, 6.45) is 0. The molecule has 0 atom stereocenters. The van der Waals surface area contributed by atoms with Crippen molar-refractivity contribution in [2.45, 2.75) is 19.7 Å². The van der Waals surface area contributed by atoms with Gasteiger partial charge in [0.05, 0.1) is 0 Å². The first kappa shape index (κ1) is 15.7. The van der Waals surface area contributed by atoms with Crippen LogP contribution in [0.4, 0.5) is 13.2 Å². The predicted octanol–water partition coefficient (Wildman–Crippen LogP) is 4.37. The molecule has 0 radical (unpaired) electrons. The molecule has 0 aliphatic rings. The average molecular weight is 316 g/mol. The highest BCUT2D eigenvalue weighted by atomic mass is 35.5. The summed E-state index contributed by atoms with van der Waals surface area (Å²) in [5.74, 6) is -0.265. The van der Waals surface area contributed by atoms with Crippen LogP contribution in [0.25, 0.3) is 0 Å². The third-order valence-electron chi connectivity index (χ3n) is 2.73. The molecule has 0 aliphatic carbocycles. The van der Waals surface area contributed by atoms with Crippen LogP contribution in [-0.2, 0) is 13.1 Å². The van der Waals surface area contributed by atoms with Crippen molar-refractivity contribution in [3.8, 4) is 5.75 Å². The van der Waals surface area contributed by atoms with E-state index in [4.69, 9.17) is 11.6 Å². The lowest BCUT2D eigenvalue weighted by Gasteiger charge is -2.08. The van der Waals surface area contributed by atoms with Gasteiger partial charge in [0.2, 0.25) is 0 Å². The Kier molecular flexibility index (Phi) is 5.47. The van der Waals surface area contributed by atoms with Crippen LogP contribution in [0.2, 0.25) is 5.02 Å². The fraction of sp³-hybridized carbons (Fsp3) is 0.200. The third-order valence-corrected chi connectivity index (χ3v) is 2.95. The van der Waals surface area contributed by atoms with Crippen LogP contribution >= 0.6 is 11.6 Å². The summed E-state index contributed by atoms with van der Waals surface area (Å²) in [4.78, 5) is 0. The maximum atomic E-state index is 13.1. The van der Waals surface area contributed by atoms with Crippen LogP contribution in [0.15, 0.2) is 42.5 Å². The first-order valence-corrected chi connectivity index (χ1v) is 6.60. The van der Waals surface area contributed by atoms with Gasteiger partial charge in [-0.3, -0.25) is 0 Å². The second-order valence-electron chi connectivity index (χ2n) is 4.40. The van der Waals surface area contributed by atoms with E-state index in [2.05, 4.69) is 10.1 Å². The fourth-order valence-corrected chi connectivity index (χ4v) is 2.10. The Bertz CT molecular complexity index is 570. The van der Waals surface area contributed by atoms with Crippen LogP contribution in [0.3, 0.4) is 0 Å². The zero-order valence-corrected chi connectivity index (χ0v) is 11.7. The summed E-state index contributed by atoms with van der Waals surface area (Å²) in [5, 5.41) is 3.47. The smallest absolute Gasteiger partial charge is 0.387 e. The molecule has 0 unspecified atom stereocenters. The predicted molar refractivity (Wildman–Crippen MR) is 75.0 cm³/mol. The Labute approximate surface area is 125 Å². The minimum Gasteiger partial charge on any atom is -0.435 e. The SMILES string of the molecule is Fc1cc(Cl)cc(CNCc2ccc(OC(F)F)cc2)c1. The maximum Gasteiger partial charge on any atom is 0.387 e. The molecule has 21 heavy (non-hydrogen) atoms. The molecular formula is C15H13ClF3NO. The highest BCUT2D eigenvalue weighted by Crippen LogP contribution is 2.16. The highest BCUT2D eigenvalue weighted by molar-refractivity contribution is 6.30. The summed E-state index contributed by atoms with van der Waals surface area (Å²) in [7, 11) is 0. The van der Waals surface area contributed by atoms with E-state index in [0.29, 0.717) is 18.1 Å². The number of hydrogen-bond acceptors (Lipinski definition) is 2. The molecule has 2 rings (SSSR count). The molecule has 0 spiro atoms. The van der Waals surface area contributed by atoms with Crippen molar-refractivity contribution >= 4 is 11.6 Å². The largest absolute Gasteiger partial charge is 0.435 e. The van der Waals surface area contributed by atoms with Gasteiger partial charge in [0.15, 0.2) is 0 Å². The third kappa shape index (κ3) is 5.28. The Morgan fingerprint density at radius 2 is 1.67 bits per heavy atom. The van der Waals surface area contributed by atoms with Gasteiger partial charge < -0.3 is 10.1 Å². The van der Waals surface area contributed by atoms with Crippen LogP contribution in [0.1, 0.15) is 11.1 Å². The van der Waals surface area contributed by atoms with Crippen molar-refractivity contribution in [2.75, 3.05) is 0 Å². The monoisotopic (exact) mass is 315 g/mol. The molecule has 0 amide bonds. The van der Waals surface area contributed by atoms with E-state index in [-0.39, 0.29) is 11.6 Å². The van der Waals surface area contributed by atoms with Gasteiger partial charge >= 0.3 is 6.61 Å². The van der Waals surface area contributed by atoms with E-state index in [1.54, 1.807) is 18.2 Å². The van der Waals surface area contributed by atoms with Gasteiger partial charge in [-0.1, -0.05) is 23.7 Å². The van der Waals surface area contributed by atoms with Crippen molar-refractivity contribution in [1.29, 1.82) is 0 Å². The molecule has 0 aliphatic heterocycles. The van der Waals surface area contributed by atoms with Crippen molar-refractivity contribution in [3.05, 3.63) is 64.4 Å². The Morgan fingerprint density at radius 3 is 2.29 bits per heavy atom. The number of alkyl halides is 2. The van der Waals surface area contributed by atoms with E-state index in [0.717, 1.165) is 11.1 Å². The molecule has 0 saturated heterocycles. The molecule has 2 nitrogen and oxygen atoms in total. The summed E-state index contributed by atoms with van der Waals surface area (Å²) in [5.41, 5.74) is 1.64. The second-order valence-corrected chi connectivity index (χ2v) is 4.84. The van der Waals surface area contributed by atoms with Gasteiger partial charge in [0.25, 0.3) is 0 Å². The van der Waals surface area contributed by atoms with Gasteiger partial charge in [0, 0.05) is 18.1 Å². The standard InChI is InChI=1S/C15H13ClF3NO/c16-12-5-11(6-13(17)7-12)9-20-8-10-1-3-14(4-2-10)21-15(18)19/h1-7,15,20H,8-9H2. The summed E-state index contributed by atoms with van der Waals surface area (Å²) in [6, 6.07) is 10.6. The number of rotatable bonds is 6. The zero-order valence-electron chi connectivity index (χ0n) is 11.0. The maximum absolute atomic E-state index is 13.1. The molecular weight excluding hydrogens is 303 g/mol. The van der Waals surface area contributed by atoms with Gasteiger partial charge in [-0.25, -0.2) is 4.39 Å². The number of ether oxygens (including phenoxy) is 1. The molecule has 1 N–H and O–H groups in total. The number of nitrogens with one attached hydrogen (secondary N) is 1. The lowest BCUT2D eigenvalue weighted by molar-refractivity contribution is -0.0498. The minimum atomic E-state index is -2.83. The van der Waals surface area contributed by atoms with Crippen LogP contribution in [0.5, 0.6) is 5.75 Å². The molecule has 6 heteroatoms. The molecule has 0 bridgehead atoms. The van der Waals surface area contributed by atoms with Crippen molar-refractivity contribution in [2.24, 2.45) is 0 Å². The summed E-state index contributed by atoms with van der Waals surface area (Å²) < 4.78 is 41.4. The Balaban J connectivity index is 1.85. The molecule has 0 heterocycles. The van der Waals surface area contributed by atoms with Crippen LogP contribution in [-0.4, -0.2) is 6.61 Å². The zero-order chi connectivity index (χ0) is 15.2. The summed E-state index contributed by atoms with van der Waals surface area (Å²) in [6.45, 7) is -1.86. The van der Waals surface area contributed by atoms with E-state index in [1.807, 2.05) is 0 Å². The first-order chi connectivity index (χ1) is 10.0. The van der Waals surface area contributed by atoms with Crippen molar-refractivity contribution in [3.63, 3.8) is 0 Å². The summed E-state index contributed by atoms with van der Waals surface area (Å²) >= 11 is 5.76. The van der Waals surface area contributed by atoms with E-state index in [9.17, 15) is 13.2 Å². The molecule has 0 saturated carbocycles. The Morgan fingerprint density at radius 1 is 1.00 bits per heavy atom. The van der Waals surface area contributed by atoms with Gasteiger partial charge in [0.1, 0.15) is 11.6 Å². The number of hydrogen-bond donors (Lipinski definition) is 1. The number of benzene rings is 2. The molecule has 0 fully saturated rings. The van der Waals surface area contributed by atoms with Crippen LogP contribution in [0, 0.1) is 5.82 Å². The molecule has 0 aromatic heterocycles. The fourth-order valence-electron chi connectivity index (χ4n) is 1.85. The second kappa shape index (κ2) is 7.33. The van der Waals surface area contributed by atoms with Crippen molar-refractivity contribution in [1.82, 2.24) is 5.32 Å². The normalized spacial score (nSPS) is 10.9. The minimum absolute atomic E-state index is 0.116. The average Bonchev–Trinajstić information content (AvgIpc) is 2.39. The molecule has 112 valence electrons. The van der Waals surface area contributed by atoms with E-state index < -0.39 is 6.61 Å².